The van der Waals surface area contributed by atoms with Crippen molar-refractivity contribution in [3.05, 3.63) is 66.7 Å². The molecule has 0 spiro atoms. The van der Waals surface area contributed by atoms with Gasteiger partial charge in [-0.15, -0.1) is 10.2 Å². The van der Waals surface area contributed by atoms with Crippen LogP contribution in [0.4, 0.5) is 11.4 Å². The Morgan fingerprint density at radius 2 is 1.16 bits per heavy atom. The molecule has 11 heteroatoms. The SMILES string of the molecule is O=S(=O)(O)c1c(N=Nc2cccc3ccccc23)c(O)c2ccccc2c1S(=O)(=O)O. The van der Waals surface area contributed by atoms with Gasteiger partial charge in [0.25, 0.3) is 20.2 Å². The van der Waals surface area contributed by atoms with Gasteiger partial charge in [-0.25, -0.2) is 0 Å². The van der Waals surface area contributed by atoms with Gasteiger partial charge >= 0.3 is 0 Å². The van der Waals surface area contributed by atoms with Crippen LogP contribution in [-0.4, -0.2) is 31.0 Å². The van der Waals surface area contributed by atoms with Crippen LogP contribution in [-0.2, 0) is 20.2 Å². The highest BCUT2D eigenvalue weighted by Gasteiger charge is 2.33. The lowest BCUT2D eigenvalue weighted by Crippen LogP contribution is -2.10. The lowest BCUT2D eigenvalue weighted by atomic mass is 10.1. The van der Waals surface area contributed by atoms with Crippen LogP contribution in [0.15, 0.2) is 86.7 Å². The average Bonchev–Trinajstić information content (AvgIpc) is 2.71. The molecule has 9 nitrogen and oxygen atoms in total. The minimum atomic E-state index is -5.26. The van der Waals surface area contributed by atoms with Crippen molar-refractivity contribution in [1.82, 2.24) is 0 Å². The van der Waals surface area contributed by atoms with Crippen LogP contribution in [0.1, 0.15) is 0 Å². The maximum atomic E-state index is 12.1. The topological polar surface area (TPSA) is 154 Å². The van der Waals surface area contributed by atoms with E-state index in [4.69, 9.17) is 0 Å². The number of phenolic OH excluding ortho intramolecular Hbond substituents is 1. The second-order valence-electron chi connectivity index (χ2n) is 6.55. The average molecular weight is 458 g/mol. The maximum absolute atomic E-state index is 12.1. The van der Waals surface area contributed by atoms with E-state index < -0.39 is 41.5 Å². The zero-order valence-electron chi connectivity index (χ0n) is 15.5. The largest absolute Gasteiger partial charge is 0.505 e. The van der Waals surface area contributed by atoms with Crippen molar-refractivity contribution in [1.29, 1.82) is 0 Å². The Kier molecular flexibility index (Phi) is 4.98. The first kappa shape index (κ1) is 20.9. The fourth-order valence-corrected chi connectivity index (χ4v) is 5.48. The van der Waals surface area contributed by atoms with Gasteiger partial charge in [-0.3, -0.25) is 9.11 Å². The fraction of sp³-hybridized carbons (Fsp3) is 0. The summed E-state index contributed by atoms with van der Waals surface area (Å²) in [4.78, 5) is -2.37. The number of phenols is 1. The first-order chi connectivity index (χ1) is 14.6. The minimum absolute atomic E-state index is 0.102. The van der Waals surface area contributed by atoms with Crippen molar-refractivity contribution < 1.29 is 31.0 Å². The van der Waals surface area contributed by atoms with Crippen LogP contribution in [0, 0.1) is 0 Å². The first-order valence-electron chi connectivity index (χ1n) is 8.71. The van der Waals surface area contributed by atoms with Gasteiger partial charge in [-0.2, -0.15) is 16.8 Å². The smallest absolute Gasteiger partial charge is 0.298 e. The van der Waals surface area contributed by atoms with Gasteiger partial charge < -0.3 is 5.11 Å². The van der Waals surface area contributed by atoms with Crippen LogP contribution in [0.3, 0.4) is 0 Å². The quantitative estimate of drug-likeness (QED) is 0.298. The molecule has 0 aliphatic heterocycles. The van der Waals surface area contributed by atoms with Crippen LogP contribution in [0.2, 0.25) is 0 Å². The van der Waals surface area contributed by atoms with Gasteiger partial charge in [0, 0.05) is 16.2 Å². The molecule has 0 saturated heterocycles. The molecule has 158 valence electrons. The van der Waals surface area contributed by atoms with Gasteiger partial charge in [0.15, 0.2) is 11.4 Å². The molecular weight excluding hydrogens is 444 g/mol. The van der Waals surface area contributed by atoms with Crippen molar-refractivity contribution in [2.45, 2.75) is 9.79 Å². The normalized spacial score (nSPS) is 12.7. The number of hydrogen-bond acceptors (Lipinski definition) is 7. The standard InChI is InChI=1S/C20H14N2O7S2/c23-18-14-9-3-4-10-15(14)19(30(24,25)26)20(31(27,28)29)17(18)22-21-16-11-5-7-12-6-1-2-8-13(12)16/h1-11,23H,(H,24,25,26)(H,27,28,29). The molecule has 0 amide bonds. The van der Waals surface area contributed by atoms with Crippen LogP contribution in [0.25, 0.3) is 21.5 Å². The Hall–Kier alpha value is -3.38. The summed E-state index contributed by atoms with van der Waals surface area (Å²) in [5.74, 6) is -0.723. The van der Waals surface area contributed by atoms with E-state index in [9.17, 15) is 31.0 Å². The van der Waals surface area contributed by atoms with Crippen molar-refractivity contribution in [2.24, 2.45) is 10.2 Å². The number of nitrogens with zero attached hydrogens (tertiary/aromatic N) is 2. The summed E-state index contributed by atoms with van der Waals surface area (Å²) in [6.45, 7) is 0. The first-order valence-corrected chi connectivity index (χ1v) is 11.6. The third-order valence-electron chi connectivity index (χ3n) is 4.61. The number of benzene rings is 4. The molecule has 4 aromatic rings. The number of rotatable bonds is 4. The van der Waals surface area contributed by atoms with Crippen LogP contribution >= 0.6 is 0 Å². The van der Waals surface area contributed by atoms with Crippen molar-refractivity contribution in [3.8, 4) is 5.75 Å². The number of fused-ring (bicyclic) bond motifs is 2. The molecule has 0 bridgehead atoms. The Balaban J connectivity index is 2.11. The summed E-state index contributed by atoms with van der Waals surface area (Å²) in [6, 6.07) is 17.6. The molecule has 0 aliphatic rings. The van der Waals surface area contributed by atoms with Crippen LogP contribution in [0.5, 0.6) is 5.75 Å². The lowest BCUT2D eigenvalue weighted by Gasteiger charge is -2.13. The fourth-order valence-electron chi connectivity index (χ4n) is 3.34. The zero-order chi connectivity index (χ0) is 22.4. The van der Waals surface area contributed by atoms with Gasteiger partial charge in [0.2, 0.25) is 0 Å². The van der Waals surface area contributed by atoms with E-state index in [2.05, 4.69) is 10.2 Å². The molecule has 0 fully saturated rings. The molecule has 31 heavy (non-hydrogen) atoms. The van der Waals surface area contributed by atoms with E-state index in [0.29, 0.717) is 11.1 Å². The molecular formula is C20H14N2O7S2. The molecule has 0 atom stereocenters. The second kappa shape index (κ2) is 7.39. The molecule has 0 unspecified atom stereocenters. The highest BCUT2D eigenvalue weighted by molar-refractivity contribution is 7.89. The summed E-state index contributed by atoms with van der Waals surface area (Å²) in [7, 11) is -10.4. The summed E-state index contributed by atoms with van der Waals surface area (Å²) >= 11 is 0. The maximum Gasteiger partial charge on any atom is 0.298 e. The Bertz CT molecular complexity index is 1590. The van der Waals surface area contributed by atoms with Crippen molar-refractivity contribution in [3.63, 3.8) is 0 Å². The van der Waals surface area contributed by atoms with Gasteiger partial charge in [0.1, 0.15) is 9.79 Å². The Morgan fingerprint density at radius 1 is 0.613 bits per heavy atom. The molecule has 0 radical (unpaired) electrons. The predicted molar refractivity (Wildman–Crippen MR) is 113 cm³/mol. The molecule has 4 aromatic carbocycles. The van der Waals surface area contributed by atoms with Crippen molar-refractivity contribution in [2.75, 3.05) is 0 Å². The third kappa shape index (κ3) is 3.75. The monoisotopic (exact) mass is 458 g/mol. The molecule has 0 aliphatic carbocycles. The highest BCUT2D eigenvalue weighted by atomic mass is 32.2. The highest BCUT2D eigenvalue weighted by Crippen LogP contribution is 2.46. The lowest BCUT2D eigenvalue weighted by molar-refractivity contribution is 0.461. The second-order valence-corrected chi connectivity index (χ2v) is 9.27. The van der Waals surface area contributed by atoms with E-state index in [-0.39, 0.29) is 10.8 Å². The third-order valence-corrected chi connectivity index (χ3v) is 6.60. The minimum Gasteiger partial charge on any atom is -0.505 e. The van der Waals surface area contributed by atoms with E-state index in [0.717, 1.165) is 5.39 Å². The Labute approximate surface area is 176 Å². The van der Waals surface area contributed by atoms with E-state index in [1.165, 1.54) is 24.3 Å². The van der Waals surface area contributed by atoms with E-state index in [1.54, 1.807) is 24.3 Å². The Morgan fingerprint density at radius 3 is 1.81 bits per heavy atom. The molecule has 0 saturated carbocycles. The van der Waals surface area contributed by atoms with Gasteiger partial charge in [0.05, 0.1) is 5.69 Å². The number of aromatic hydroxyl groups is 1. The molecule has 0 heterocycles. The van der Waals surface area contributed by atoms with Crippen molar-refractivity contribution >= 4 is 53.2 Å². The number of hydrogen-bond donors (Lipinski definition) is 3. The van der Waals surface area contributed by atoms with E-state index in [1.807, 2.05) is 18.2 Å². The summed E-state index contributed by atoms with van der Waals surface area (Å²) < 4.78 is 67.8. The number of azo groups is 1. The van der Waals surface area contributed by atoms with E-state index >= 15 is 0 Å². The molecule has 3 N–H and O–H groups in total. The predicted octanol–water partition coefficient (Wildman–Crippen LogP) is 4.61. The van der Waals surface area contributed by atoms with Gasteiger partial charge in [-0.05, 0) is 11.5 Å². The summed E-state index contributed by atoms with van der Waals surface area (Å²) in [6.07, 6.45) is 0. The molecule has 4 rings (SSSR count). The van der Waals surface area contributed by atoms with Gasteiger partial charge in [-0.1, -0.05) is 60.7 Å². The molecule has 0 aromatic heterocycles. The van der Waals surface area contributed by atoms with Crippen LogP contribution < -0.4 is 0 Å². The zero-order valence-corrected chi connectivity index (χ0v) is 17.2. The summed E-state index contributed by atoms with van der Waals surface area (Å²) in [5.41, 5.74) is -0.512. The summed E-state index contributed by atoms with van der Waals surface area (Å²) in [5, 5.41) is 19.5.